The summed E-state index contributed by atoms with van der Waals surface area (Å²) in [5, 5.41) is 5.09. The molecule has 2 heterocycles. The SMILES string of the molecule is COc1ccc([C@H]2CCCCN(C(=O)NCc3cccs3)C2)cc1. The lowest BCUT2D eigenvalue weighted by Gasteiger charge is -2.25. The molecule has 24 heavy (non-hydrogen) atoms. The van der Waals surface area contributed by atoms with Gasteiger partial charge in [0.15, 0.2) is 0 Å². The molecule has 1 aliphatic rings. The molecule has 1 aromatic carbocycles. The summed E-state index contributed by atoms with van der Waals surface area (Å²) in [7, 11) is 1.68. The average Bonchev–Trinajstić information content (AvgIpc) is 3.02. The highest BCUT2D eigenvalue weighted by Crippen LogP contribution is 2.28. The molecule has 5 heteroatoms. The van der Waals surface area contributed by atoms with Gasteiger partial charge in [0.25, 0.3) is 0 Å². The van der Waals surface area contributed by atoms with E-state index < -0.39 is 0 Å². The predicted molar refractivity (Wildman–Crippen MR) is 97.7 cm³/mol. The number of carbonyl (C=O) groups excluding carboxylic acids is 1. The van der Waals surface area contributed by atoms with Crippen molar-refractivity contribution in [1.29, 1.82) is 0 Å². The van der Waals surface area contributed by atoms with Gasteiger partial charge in [0.2, 0.25) is 0 Å². The number of rotatable bonds is 4. The number of nitrogens with one attached hydrogen (secondary N) is 1. The van der Waals surface area contributed by atoms with Gasteiger partial charge in [-0.25, -0.2) is 4.79 Å². The van der Waals surface area contributed by atoms with Gasteiger partial charge >= 0.3 is 6.03 Å². The van der Waals surface area contributed by atoms with E-state index in [0.717, 1.165) is 38.1 Å². The Morgan fingerprint density at radius 1 is 1.29 bits per heavy atom. The number of hydrogen-bond acceptors (Lipinski definition) is 3. The molecule has 0 radical (unpaired) electrons. The van der Waals surface area contributed by atoms with Crippen molar-refractivity contribution in [1.82, 2.24) is 10.2 Å². The summed E-state index contributed by atoms with van der Waals surface area (Å²) in [6, 6.07) is 12.4. The Bertz CT molecular complexity index is 640. The lowest BCUT2D eigenvalue weighted by molar-refractivity contribution is 0.197. The molecule has 1 atom stereocenters. The van der Waals surface area contributed by atoms with Crippen LogP contribution >= 0.6 is 11.3 Å². The maximum atomic E-state index is 12.5. The van der Waals surface area contributed by atoms with Gasteiger partial charge in [-0.3, -0.25) is 0 Å². The van der Waals surface area contributed by atoms with Crippen LogP contribution in [0.25, 0.3) is 0 Å². The molecule has 0 saturated carbocycles. The van der Waals surface area contributed by atoms with Crippen LogP contribution in [0.5, 0.6) is 5.75 Å². The van der Waals surface area contributed by atoms with Gasteiger partial charge in [-0.15, -0.1) is 11.3 Å². The van der Waals surface area contributed by atoms with E-state index in [-0.39, 0.29) is 6.03 Å². The third-order valence-corrected chi connectivity index (χ3v) is 5.42. The van der Waals surface area contributed by atoms with E-state index in [1.807, 2.05) is 34.5 Å². The number of methoxy groups -OCH3 is 1. The maximum absolute atomic E-state index is 12.5. The van der Waals surface area contributed by atoms with Crippen molar-refractivity contribution in [2.24, 2.45) is 0 Å². The molecule has 2 amide bonds. The molecule has 1 aromatic heterocycles. The first-order chi connectivity index (χ1) is 11.8. The summed E-state index contributed by atoms with van der Waals surface area (Å²) in [4.78, 5) is 15.7. The van der Waals surface area contributed by atoms with E-state index in [1.54, 1.807) is 18.4 Å². The molecule has 3 rings (SSSR count). The van der Waals surface area contributed by atoms with Crippen LogP contribution < -0.4 is 10.1 Å². The molecule has 128 valence electrons. The molecular formula is C19H24N2O2S. The van der Waals surface area contributed by atoms with Crippen molar-refractivity contribution in [2.75, 3.05) is 20.2 Å². The summed E-state index contributed by atoms with van der Waals surface area (Å²) in [6.45, 7) is 2.23. The van der Waals surface area contributed by atoms with Crippen molar-refractivity contribution in [3.05, 3.63) is 52.2 Å². The number of thiophene rings is 1. The second-order valence-corrected chi connectivity index (χ2v) is 7.18. The zero-order chi connectivity index (χ0) is 16.8. The summed E-state index contributed by atoms with van der Waals surface area (Å²) in [6.07, 6.45) is 3.35. The lowest BCUT2D eigenvalue weighted by Crippen LogP contribution is -2.41. The highest BCUT2D eigenvalue weighted by Gasteiger charge is 2.23. The molecule has 0 spiro atoms. The van der Waals surface area contributed by atoms with E-state index in [4.69, 9.17) is 4.74 Å². The minimum absolute atomic E-state index is 0.0452. The molecular weight excluding hydrogens is 320 g/mol. The number of carbonyl (C=O) groups is 1. The third kappa shape index (κ3) is 4.29. The van der Waals surface area contributed by atoms with Crippen LogP contribution in [-0.2, 0) is 6.54 Å². The first-order valence-corrected chi connectivity index (χ1v) is 9.33. The number of nitrogens with zero attached hydrogens (tertiary/aromatic N) is 1. The van der Waals surface area contributed by atoms with Crippen molar-refractivity contribution in [2.45, 2.75) is 31.7 Å². The van der Waals surface area contributed by atoms with Gasteiger partial charge in [-0.2, -0.15) is 0 Å². The number of amides is 2. The van der Waals surface area contributed by atoms with E-state index in [0.29, 0.717) is 12.5 Å². The predicted octanol–water partition coefficient (Wildman–Crippen LogP) is 4.24. The van der Waals surface area contributed by atoms with Gasteiger partial charge < -0.3 is 15.0 Å². The molecule has 1 fully saturated rings. The zero-order valence-corrected chi connectivity index (χ0v) is 14.8. The zero-order valence-electron chi connectivity index (χ0n) is 14.0. The minimum Gasteiger partial charge on any atom is -0.497 e. The number of hydrogen-bond donors (Lipinski definition) is 1. The fourth-order valence-corrected chi connectivity index (χ4v) is 3.81. The smallest absolute Gasteiger partial charge is 0.317 e. The second-order valence-electron chi connectivity index (χ2n) is 6.15. The Morgan fingerprint density at radius 3 is 2.83 bits per heavy atom. The van der Waals surface area contributed by atoms with Crippen molar-refractivity contribution in [3.8, 4) is 5.75 Å². The molecule has 0 unspecified atom stereocenters. The van der Waals surface area contributed by atoms with Crippen molar-refractivity contribution in [3.63, 3.8) is 0 Å². The van der Waals surface area contributed by atoms with Crippen LogP contribution in [0.15, 0.2) is 41.8 Å². The fourth-order valence-electron chi connectivity index (χ4n) is 3.16. The van der Waals surface area contributed by atoms with Crippen LogP contribution in [-0.4, -0.2) is 31.1 Å². The quantitative estimate of drug-likeness (QED) is 0.901. The number of likely N-dealkylation sites (tertiary alicyclic amines) is 1. The maximum Gasteiger partial charge on any atom is 0.317 e. The topological polar surface area (TPSA) is 41.6 Å². The number of urea groups is 1. The summed E-state index contributed by atoms with van der Waals surface area (Å²) in [5.74, 6) is 1.27. The van der Waals surface area contributed by atoms with Crippen molar-refractivity contribution < 1.29 is 9.53 Å². The number of ether oxygens (including phenoxy) is 1. The van der Waals surface area contributed by atoms with Crippen LogP contribution in [0.3, 0.4) is 0 Å². The number of benzene rings is 1. The average molecular weight is 344 g/mol. The first kappa shape index (κ1) is 16.8. The Kier molecular flexibility index (Phi) is 5.75. The highest BCUT2D eigenvalue weighted by atomic mass is 32.1. The van der Waals surface area contributed by atoms with E-state index in [2.05, 4.69) is 17.4 Å². The Balaban J connectivity index is 1.61. The van der Waals surface area contributed by atoms with Gasteiger partial charge in [0, 0.05) is 23.9 Å². The lowest BCUT2D eigenvalue weighted by atomic mass is 9.94. The molecule has 4 nitrogen and oxygen atoms in total. The summed E-state index contributed by atoms with van der Waals surface area (Å²) >= 11 is 1.67. The minimum atomic E-state index is 0.0452. The fraction of sp³-hybridized carbons (Fsp3) is 0.421. The third-order valence-electron chi connectivity index (χ3n) is 4.54. The Morgan fingerprint density at radius 2 is 2.12 bits per heavy atom. The molecule has 2 aromatic rings. The monoisotopic (exact) mass is 344 g/mol. The van der Waals surface area contributed by atoms with Gasteiger partial charge in [0.1, 0.15) is 5.75 Å². The normalized spacial score (nSPS) is 18.0. The van der Waals surface area contributed by atoms with Gasteiger partial charge in [0.05, 0.1) is 13.7 Å². The summed E-state index contributed by atoms with van der Waals surface area (Å²) in [5.41, 5.74) is 1.29. The van der Waals surface area contributed by atoms with E-state index in [1.165, 1.54) is 10.4 Å². The van der Waals surface area contributed by atoms with Crippen LogP contribution in [0.2, 0.25) is 0 Å². The van der Waals surface area contributed by atoms with Crippen LogP contribution in [0.1, 0.15) is 35.6 Å². The van der Waals surface area contributed by atoms with Crippen molar-refractivity contribution >= 4 is 17.4 Å². The molecule has 0 aliphatic carbocycles. The van der Waals surface area contributed by atoms with Gasteiger partial charge in [-0.1, -0.05) is 24.6 Å². The Hall–Kier alpha value is -2.01. The molecule has 1 aliphatic heterocycles. The summed E-state index contributed by atoms with van der Waals surface area (Å²) < 4.78 is 5.23. The Labute approximate surface area is 147 Å². The highest BCUT2D eigenvalue weighted by molar-refractivity contribution is 7.09. The molecule has 1 N–H and O–H groups in total. The van der Waals surface area contributed by atoms with Crippen LogP contribution in [0, 0.1) is 0 Å². The first-order valence-electron chi connectivity index (χ1n) is 8.45. The second kappa shape index (κ2) is 8.20. The molecule has 1 saturated heterocycles. The standard InChI is InChI=1S/C19H24N2O2S/c1-23-17-9-7-15(8-10-17)16-5-2-3-11-21(14-16)19(22)20-13-18-6-4-12-24-18/h4,6-10,12,16H,2-3,5,11,13-14H2,1H3,(H,20,22)/t16-/m0/s1. The van der Waals surface area contributed by atoms with E-state index >= 15 is 0 Å². The van der Waals surface area contributed by atoms with Gasteiger partial charge in [-0.05, 0) is 42.0 Å². The van der Waals surface area contributed by atoms with Crippen LogP contribution in [0.4, 0.5) is 4.79 Å². The molecule has 0 bridgehead atoms. The van der Waals surface area contributed by atoms with E-state index in [9.17, 15) is 4.79 Å². The largest absolute Gasteiger partial charge is 0.497 e.